The van der Waals surface area contributed by atoms with E-state index in [1.54, 1.807) is 30.6 Å². The minimum absolute atomic E-state index is 0.00168. The Morgan fingerprint density at radius 1 is 1.16 bits per heavy atom. The average Bonchev–Trinajstić information content (AvgIpc) is 3.25. The fourth-order valence-corrected chi connectivity index (χ4v) is 3.93. The molecule has 164 valence electrons. The summed E-state index contributed by atoms with van der Waals surface area (Å²) < 4.78 is 11.2. The fraction of sp³-hybridized carbons (Fsp3) is 0.360. The highest BCUT2D eigenvalue weighted by molar-refractivity contribution is 7.09. The first-order valence-electron chi connectivity index (χ1n) is 10.5. The minimum Gasteiger partial charge on any atom is -0.497 e. The molecule has 0 saturated heterocycles. The fourth-order valence-electron chi connectivity index (χ4n) is 3.23. The first kappa shape index (κ1) is 22.8. The second-order valence-electron chi connectivity index (χ2n) is 7.64. The number of benzene rings is 2. The van der Waals surface area contributed by atoms with Crippen LogP contribution in [0.1, 0.15) is 52.5 Å². The largest absolute Gasteiger partial charge is 0.497 e. The van der Waals surface area contributed by atoms with Gasteiger partial charge < -0.3 is 14.4 Å². The van der Waals surface area contributed by atoms with Crippen LogP contribution in [0.4, 0.5) is 0 Å². The Morgan fingerprint density at radius 3 is 2.58 bits per heavy atom. The van der Waals surface area contributed by atoms with E-state index >= 15 is 0 Å². The van der Waals surface area contributed by atoms with Gasteiger partial charge in [-0.3, -0.25) is 4.79 Å². The summed E-state index contributed by atoms with van der Waals surface area (Å²) in [5.74, 6) is 1.62. The van der Waals surface area contributed by atoms with Gasteiger partial charge in [0.2, 0.25) is 0 Å². The van der Waals surface area contributed by atoms with E-state index < -0.39 is 0 Å². The van der Waals surface area contributed by atoms with Gasteiger partial charge >= 0.3 is 0 Å². The molecule has 2 aromatic carbocycles. The summed E-state index contributed by atoms with van der Waals surface area (Å²) in [5.41, 5.74) is 3.88. The molecule has 0 aliphatic carbocycles. The molecule has 3 rings (SSSR count). The number of nitrogens with zero attached hydrogens (tertiary/aromatic N) is 2. The lowest BCUT2D eigenvalue weighted by molar-refractivity contribution is 0.0669. The van der Waals surface area contributed by atoms with Crippen molar-refractivity contribution < 1.29 is 14.3 Å². The molecule has 6 heteroatoms. The van der Waals surface area contributed by atoms with E-state index in [4.69, 9.17) is 14.5 Å². The third-order valence-corrected chi connectivity index (χ3v) is 6.43. The smallest absolute Gasteiger partial charge is 0.254 e. The highest BCUT2D eigenvalue weighted by Gasteiger charge is 2.22. The minimum atomic E-state index is -0.00168. The van der Waals surface area contributed by atoms with Crippen molar-refractivity contribution in [1.29, 1.82) is 0 Å². The zero-order valence-corrected chi connectivity index (χ0v) is 19.7. The Labute approximate surface area is 188 Å². The average molecular weight is 439 g/mol. The van der Waals surface area contributed by atoms with E-state index in [0.29, 0.717) is 18.7 Å². The van der Waals surface area contributed by atoms with Crippen molar-refractivity contribution in [2.75, 3.05) is 7.11 Å². The molecule has 0 spiro atoms. The number of carbonyl (C=O) groups is 1. The first-order chi connectivity index (χ1) is 14.9. The molecule has 0 bridgehead atoms. The Kier molecular flexibility index (Phi) is 7.69. The number of carbonyl (C=O) groups excluding carboxylic acids is 1. The Morgan fingerprint density at radius 2 is 1.90 bits per heavy atom. The number of amides is 1. The maximum absolute atomic E-state index is 13.2. The van der Waals surface area contributed by atoms with Gasteiger partial charge in [0, 0.05) is 17.0 Å². The molecule has 0 radical (unpaired) electrons. The third kappa shape index (κ3) is 5.64. The van der Waals surface area contributed by atoms with Crippen LogP contribution in [0.5, 0.6) is 11.5 Å². The van der Waals surface area contributed by atoms with Crippen LogP contribution >= 0.6 is 11.3 Å². The molecule has 0 saturated carbocycles. The van der Waals surface area contributed by atoms with Gasteiger partial charge in [-0.2, -0.15) is 0 Å². The number of hydrogen-bond acceptors (Lipinski definition) is 5. The van der Waals surface area contributed by atoms with Crippen LogP contribution in [0.15, 0.2) is 47.8 Å². The van der Waals surface area contributed by atoms with Crippen molar-refractivity contribution in [2.45, 2.75) is 53.3 Å². The van der Waals surface area contributed by atoms with Crippen molar-refractivity contribution in [2.24, 2.45) is 0 Å². The number of rotatable bonds is 9. The second kappa shape index (κ2) is 10.4. The lowest BCUT2D eigenvalue weighted by Gasteiger charge is -2.28. The first-order valence-corrected chi connectivity index (χ1v) is 11.4. The quantitative estimate of drug-likeness (QED) is 0.424. The molecule has 1 amide bonds. The normalized spacial score (nSPS) is 11.8. The van der Waals surface area contributed by atoms with E-state index in [9.17, 15) is 4.79 Å². The number of hydrogen-bond donors (Lipinski definition) is 0. The highest BCUT2D eigenvalue weighted by atomic mass is 32.1. The van der Waals surface area contributed by atoms with E-state index in [1.807, 2.05) is 34.5 Å². The molecule has 1 atom stereocenters. The standard InChI is InChI=1S/C25H30N2O3S/c1-6-18(3)27(25(28)20-10-12-22(29-5)13-11-20)14-21-16-31-24(26-21)15-30-23-9-7-8-17(2)19(23)4/h7-13,16,18H,6,14-15H2,1-5H3/t18-/m0/s1. The van der Waals surface area contributed by atoms with E-state index in [2.05, 4.69) is 33.8 Å². The molecule has 0 fully saturated rings. The predicted octanol–water partition coefficient (Wildman–Crippen LogP) is 5.79. The lowest BCUT2D eigenvalue weighted by Crippen LogP contribution is -2.37. The SMILES string of the molecule is CC[C@H](C)N(Cc1csc(COc2cccc(C)c2C)n1)C(=O)c1ccc(OC)cc1. The molecule has 31 heavy (non-hydrogen) atoms. The van der Waals surface area contributed by atoms with Gasteiger partial charge in [0.25, 0.3) is 5.91 Å². The van der Waals surface area contributed by atoms with Crippen LogP contribution in [0.3, 0.4) is 0 Å². The summed E-state index contributed by atoms with van der Waals surface area (Å²) in [5, 5.41) is 2.91. The van der Waals surface area contributed by atoms with Gasteiger partial charge in [0.1, 0.15) is 23.1 Å². The molecule has 0 unspecified atom stereocenters. The van der Waals surface area contributed by atoms with E-state index in [-0.39, 0.29) is 11.9 Å². The predicted molar refractivity (Wildman–Crippen MR) is 125 cm³/mol. The molecular weight excluding hydrogens is 408 g/mol. The number of aryl methyl sites for hydroxylation is 1. The molecule has 0 aliphatic rings. The van der Waals surface area contributed by atoms with Gasteiger partial charge in [-0.25, -0.2) is 4.98 Å². The van der Waals surface area contributed by atoms with Crippen LogP contribution in [0.25, 0.3) is 0 Å². The van der Waals surface area contributed by atoms with Crippen LogP contribution in [0, 0.1) is 13.8 Å². The van der Waals surface area contributed by atoms with Gasteiger partial charge in [-0.1, -0.05) is 19.1 Å². The van der Waals surface area contributed by atoms with Crippen LogP contribution in [0.2, 0.25) is 0 Å². The van der Waals surface area contributed by atoms with Gasteiger partial charge in [0.05, 0.1) is 19.3 Å². The maximum Gasteiger partial charge on any atom is 0.254 e. The van der Waals surface area contributed by atoms with Crippen molar-refractivity contribution in [3.63, 3.8) is 0 Å². The molecule has 3 aromatic rings. The lowest BCUT2D eigenvalue weighted by atomic mass is 10.1. The molecule has 0 aliphatic heterocycles. The summed E-state index contributed by atoms with van der Waals surface area (Å²) in [4.78, 5) is 19.8. The van der Waals surface area contributed by atoms with Gasteiger partial charge in [0.15, 0.2) is 0 Å². The number of thiazole rings is 1. The van der Waals surface area contributed by atoms with Crippen LogP contribution in [-0.2, 0) is 13.2 Å². The Balaban J connectivity index is 1.70. The molecule has 1 aromatic heterocycles. The topological polar surface area (TPSA) is 51.7 Å². The van der Waals surface area contributed by atoms with E-state index in [1.165, 1.54) is 5.56 Å². The maximum atomic E-state index is 13.2. The Hall–Kier alpha value is -2.86. The third-order valence-electron chi connectivity index (χ3n) is 5.56. The molecule has 5 nitrogen and oxygen atoms in total. The van der Waals surface area contributed by atoms with Crippen molar-refractivity contribution in [3.8, 4) is 11.5 Å². The zero-order chi connectivity index (χ0) is 22.4. The number of methoxy groups -OCH3 is 1. The summed E-state index contributed by atoms with van der Waals surface area (Å²) in [6.07, 6.45) is 0.870. The molecule has 0 N–H and O–H groups in total. The van der Waals surface area contributed by atoms with Gasteiger partial charge in [-0.15, -0.1) is 11.3 Å². The summed E-state index contributed by atoms with van der Waals surface area (Å²) >= 11 is 1.56. The molecular formula is C25H30N2O3S. The number of ether oxygens (including phenoxy) is 2. The zero-order valence-electron chi connectivity index (χ0n) is 18.8. The van der Waals surface area contributed by atoms with Gasteiger partial charge in [-0.05, 0) is 68.7 Å². The summed E-state index contributed by atoms with van der Waals surface area (Å²) in [7, 11) is 1.62. The van der Waals surface area contributed by atoms with E-state index in [0.717, 1.165) is 34.2 Å². The monoisotopic (exact) mass is 438 g/mol. The summed E-state index contributed by atoms with van der Waals surface area (Å²) in [6, 6.07) is 13.4. The van der Waals surface area contributed by atoms with Crippen molar-refractivity contribution >= 4 is 17.2 Å². The van der Waals surface area contributed by atoms with Crippen molar-refractivity contribution in [1.82, 2.24) is 9.88 Å². The molecule has 1 heterocycles. The second-order valence-corrected chi connectivity index (χ2v) is 8.58. The summed E-state index contributed by atoms with van der Waals surface area (Å²) in [6.45, 7) is 9.19. The number of aromatic nitrogens is 1. The van der Waals surface area contributed by atoms with Crippen LogP contribution < -0.4 is 9.47 Å². The van der Waals surface area contributed by atoms with Crippen LogP contribution in [-0.4, -0.2) is 28.9 Å². The highest BCUT2D eigenvalue weighted by Crippen LogP contribution is 2.23. The Bertz CT molecular complexity index is 1010. The van der Waals surface area contributed by atoms with Crippen molar-refractivity contribution in [3.05, 3.63) is 75.2 Å².